The zero-order valence-corrected chi connectivity index (χ0v) is 12.8. The topological polar surface area (TPSA) is 62.3 Å². The van der Waals surface area contributed by atoms with Gasteiger partial charge in [0.25, 0.3) is 5.91 Å². The molecule has 0 aliphatic rings. The molecule has 0 aromatic carbocycles. The van der Waals surface area contributed by atoms with Crippen molar-refractivity contribution in [3.63, 3.8) is 0 Å². The van der Waals surface area contributed by atoms with Crippen LogP contribution in [0.4, 0.5) is 0 Å². The van der Waals surface area contributed by atoms with Gasteiger partial charge in [0.05, 0.1) is 0 Å². The average Bonchev–Trinajstić information content (AvgIpc) is 2.38. The first-order chi connectivity index (χ1) is 9.43. The number of amides is 2. The number of pyridine rings is 1. The Morgan fingerprint density at radius 3 is 2.65 bits per heavy atom. The molecule has 0 saturated carbocycles. The molecule has 1 N–H and O–H groups in total. The summed E-state index contributed by atoms with van der Waals surface area (Å²) in [5.74, 6) is -0.261. The standard InChI is InChI=1S/C14H20ClN3O2/c1-4-5-11-8-10(9-12(15)17-11)14(20)16-7-6-13(19)18(2)3/h8-9H,4-7H2,1-3H3,(H,16,20). The fourth-order valence-corrected chi connectivity index (χ4v) is 1.90. The summed E-state index contributed by atoms with van der Waals surface area (Å²) in [6.07, 6.45) is 1.99. The van der Waals surface area contributed by atoms with Crippen LogP contribution in [0.5, 0.6) is 0 Å². The highest BCUT2D eigenvalue weighted by molar-refractivity contribution is 6.29. The van der Waals surface area contributed by atoms with Gasteiger partial charge in [-0.3, -0.25) is 9.59 Å². The van der Waals surface area contributed by atoms with Crippen molar-refractivity contribution in [2.24, 2.45) is 0 Å². The Hall–Kier alpha value is -1.62. The summed E-state index contributed by atoms with van der Waals surface area (Å²) in [5, 5.41) is 3.02. The zero-order valence-electron chi connectivity index (χ0n) is 12.1. The van der Waals surface area contributed by atoms with E-state index >= 15 is 0 Å². The highest BCUT2D eigenvalue weighted by Gasteiger charge is 2.10. The van der Waals surface area contributed by atoms with E-state index in [2.05, 4.69) is 10.3 Å². The van der Waals surface area contributed by atoms with Gasteiger partial charge in [-0.15, -0.1) is 0 Å². The number of rotatable bonds is 6. The molecule has 20 heavy (non-hydrogen) atoms. The molecule has 110 valence electrons. The minimum Gasteiger partial charge on any atom is -0.352 e. The summed E-state index contributed by atoms with van der Waals surface area (Å²) < 4.78 is 0. The summed E-state index contributed by atoms with van der Waals surface area (Å²) in [5.41, 5.74) is 1.28. The summed E-state index contributed by atoms with van der Waals surface area (Å²) in [4.78, 5) is 29.0. The Balaban J connectivity index is 2.61. The lowest BCUT2D eigenvalue weighted by molar-refractivity contribution is -0.128. The average molecular weight is 298 g/mol. The highest BCUT2D eigenvalue weighted by Crippen LogP contribution is 2.12. The molecule has 0 saturated heterocycles. The number of aryl methyl sites for hydroxylation is 1. The lowest BCUT2D eigenvalue weighted by Crippen LogP contribution is -2.30. The molecule has 0 unspecified atom stereocenters. The van der Waals surface area contributed by atoms with Crippen molar-refractivity contribution in [1.82, 2.24) is 15.2 Å². The fourth-order valence-electron chi connectivity index (χ4n) is 1.68. The van der Waals surface area contributed by atoms with Crippen LogP contribution in [0.3, 0.4) is 0 Å². The molecule has 0 radical (unpaired) electrons. The largest absolute Gasteiger partial charge is 0.352 e. The third kappa shape index (κ3) is 5.17. The van der Waals surface area contributed by atoms with E-state index in [0.717, 1.165) is 18.5 Å². The third-order valence-electron chi connectivity index (χ3n) is 2.74. The zero-order chi connectivity index (χ0) is 15.1. The van der Waals surface area contributed by atoms with Crippen LogP contribution in [0.15, 0.2) is 12.1 Å². The lowest BCUT2D eigenvalue weighted by atomic mass is 10.1. The van der Waals surface area contributed by atoms with Crippen molar-refractivity contribution in [1.29, 1.82) is 0 Å². The molecule has 1 aromatic heterocycles. The second-order valence-electron chi connectivity index (χ2n) is 4.71. The summed E-state index contributed by atoms with van der Waals surface area (Å²) in [6.45, 7) is 2.34. The normalized spacial score (nSPS) is 10.2. The van der Waals surface area contributed by atoms with E-state index in [-0.39, 0.29) is 18.2 Å². The molecule has 0 bridgehead atoms. The summed E-state index contributed by atoms with van der Waals surface area (Å²) in [7, 11) is 3.37. The predicted molar refractivity (Wildman–Crippen MR) is 78.9 cm³/mol. The number of hydrogen-bond acceptors (Lipinski definition) is 3. The van der Waals surface area contributed by atoms with E-state index in [4.69, 9.17) is 11.6 Å². The van der Waals surface area contributed by atoms with Crippen molar-refractivity contribution in [3.05, 3.63) is 28.5 Å². The van der Waals surface area contributed by atoms with E-state index in [1.54, 1.807) is 20.2 Å². The van der Waals surface area contributed by atoms with Crippen molar-refractivity contribution in [3.8, 4) is 0 Å². The smallest absolute Gasteiger partial charge is 0.251 e. The van der Waals surface area contributed by atoms with Crippen LogP contribution >= 0.6 is 11.6 Å². The second kappa shape index (κ2) is 7.85. The van der Waals surface area contributed by atoms with Crippen molar-refractivity contribution < 1.29 is 9.59 Å². The van der Waals surface area contributed by atoms with Crippen LogP contribution in [0, 0.1) is 0 Å². The van der Waals surface area contributed by atoms with Gasteiger partial charge in [-0.05, 0) is 18.6 Å². The Kier molecular flexibility index (Phi) is 6.45. The number of carbonyl (C=O) groups is 2. The molecule has 0 aliphatic heterocycles. The second-order valence-corrected chi connectivity index (χ2v) is 5.10. The molecule has 0 aliphatic carbocycles. The molecular weight excluding hydrogens is 278 g/mol. The van der Waals surface area contributed by atoms with Crippen molar-refractivity contribution in [2.75, 3.05) is 20.6 Å². The van der Waals surface area contributed by atoms with E-state index in [0.29, 0.717) is 17.3 Å². The van der Waals surface area contributed by atoms with E-state index < -0.39 is 0 Å². The Bertz CT molecular complexity index is 489. The van der Waals surface area contributed by atoms with Gasteiger partial charge in [-0.25, -0.2) is 4.98 Å². The number of halogens is 1. The lowest BCUT2D eigenvalue weighted by Gasteiger charge is -2.11. The van der Waals surface area contributed by atoms with E-state index in [1.807, 2.05) is 6.92 Å². The van der Waals surface area contributed by atoms with Gasteiger partial charge in [-0.1, -0.05) is 24.9 Å². The number of nitrogens with one attached hydrogen (secondary N) is 1. The molecule has 1 rings (SSSR count). The SMILES string of the molecule is CCCc1cc(C(=O)NCCC(=O)N(C)C)cc(Cl)n1. The number of carbonyl (C=O) groups excluding carboxylic acids is 2. The molecule has 0 spiro atoms. The van der Waals surface area contributed by atoms with Gasteiger partial charge in [0.1, 0.15) is 5.15 Å². The Labute approximate surface area is 124 Å². The molecule has 6 heteroatoms. The Morgan fingerprint density at radius 2 is 2.05 bits per heavy atom. The summed E-state index contributed by atoms with van der Waals surface area (Å²) >= 11 is 5.90. The van der Waals surface area contributed by atoms with Gasteiger partial charge in [0.15, 0.2) is 0 Å². The highest BCUT2D eigenvalue weighted by atomic mass is 35.5. The van der Waals surface area contributed by atoms with E-state index in [9.17, 15) is 9.59 Å². The van der Waals surface area contributed by atoms with Gasteiger partial charge in [0.2, 0.25) is 5.91 Å². The molecular formula is C14H20ClN3O2. The van der Waals surface area contributed by atoms with E-state index in [1.165, 1.54) is 11.0 Å². The maximum absolute atomic E-state index is 12.0. The first kappa shape index (κ1) is 16.4. The molecule has 2 amide bonds. The number of nitrogens with zero attached hydrogens (tertiary/aromatic N) is 2. The number of hydrogen-bond donors (Lipinski definition) is 1. The third-order valence-corrected chi connectivity index (χ3v) is 2.93. The van der Waals surface area contributed by atoms with Gasteiger partial charge < -0.3 is 10.2 Å². The van der Waals surface area contributed by atoms with Crippen LogP contribution in [0.25, 0.3) is 0 Å². The minimum atomic E-state index is -0.238. The van der Waals surface area contributed by atoms with Crippen molar-refractivity contribution in [2.45, 2.75) is 26.2 Å². The molecule has 1 aromatic rings. The van der Waals surface area contributed by atoms with Crippen LogP contribution < -0.4 is 5.32 Å². The maximum atomic E-state index is 12.0. The van der Waals surface area contributed by atoms with Crippen molar-refractivity contribution >= 4 is 23.4 Å². The molecule has 1 heterocycles. The Morgan fingerprint density at radius 1 is 1.35 bits per heavy atom. The van der Waals surface area contributed by atoms with Gasteiger partial charge >= 0.3 is 0 Å². The monoisotopic (exact) mass is 297 g/mol. The molecule has 0 fully saturated rings. The maximum Gasteiger partial charge on any atom is 0.251 e. The predicted octanol–water partition coefficient (Wildman–Crippen LogP) is 1.90. The molecule has 5 nitrogen and oxygen atoms in total. The first-order valence-corrected chi connectivity index (χ1v) is 6.96. The fraction of sp³-hybridized carbons (Fsp3) is 0.500. The van der Waals surface area contributed by atoms with Gasteiger partial charge in [-0.2, -0.15) is 0 Å². The van der Waals surface area contributed by atoms with Crippen LogP contribution in [-0.2, 0) is 11.2 Å². The quantitative estimate of drug-likeness (QED) is 0.816. The van der Waals surface area contributed by atoms with Gasteiger partial charge in [0, 0.05) is 38.3 Å². The van der Waals surface area contributed by atoms with Crippen LogP contribution in [0.1, 0.15) is 35.8 Å². The first-order valence-electron chi connectivity index (χ1n) is 6.58. The minimum absolute atomic E-state index is 0.0234. The molecule has 0 atom stereocenters. The number of aromatic nitrogens is 1. The van der Waals surface area contributed by atoms with Crippen LogP contribution in [-0.4, -0.2) is 42.3 Å². The summed E-state index contributed by atoms with van der Waals surface area (Å²) in [6, 6.07) is 3.27. The van der Waals surface area contributed by atoms with Crippen LogP contribution in [0.2, 0.25) is 5.15 Å².